The summed E-state index contributed by atoms with van der Waals surface area (Å²) in [5.41, 5.74) is 0.391. The van der Waals surface area contributed by atoms with Crippen molar-refractivity contribution in [3.05, 3.63) is 23.8 Å². The van der Waals surface area contributed by atoms with Gasteiger partial charge in [-0.15, -0.1) is 0 Å². The average Bonchev–Trinajstić information content (AvgIpc) is 2.45. The molecule has 6 nitrogen and oxygen atoms in total. The van der Waals surface area contributed by atoms with Gasteiger partial charge in [0.05, 0.1) is 11.5 Å². The number of carboxylic acid groups (broad SMARTS) is 1. The third-order valence-corrected chi connectivity index (χ3v) is 3.11. The van der Waals surface area contributed by atoms with Crippen molar-refractivity contribution >= 4 is 11.9 Å². The van der Waals surface area contributed by atoms with Gasteiger partial charge in [0, 0.05) is 13.6 Å². The maximum atomic E-state index is 12.4. The number of fused-ring (bicyclic) bond motifs is 1. The molecule has 1 N–H and O–H groups in total. The molecule has 0 saturated heterocycles. The van der Waals surface area contributed by atoms with E-state index in [2.05, 4.69) is 0 Å². The minimum absolute atomic E-state index is 0.138. The van der Waals surface area contributed by atoms with E-state index in [1.54, 1.807) is 32.2 Å². The minimum atomic E-state index is -0.931. The molecule has 0 radical (unpaired) electrons. The van der Waals surface area contributed by atoms with Crippen LogP contribution in [0.15, 0.2) is 18.2 Å². The molecule has 1 aromatic carbocycles. The van der Waals surface area contributed by atoms with Gasteiger partial charge in [0.25, 0.3) is 5.91 Å². The lowest BCUT2D eigenvalue weighted by Crippen LogP contribution is -2.34. The van der Waals surface area contributed by atoms with E-state index in [1.807, 2.05) is 0 Å². The molecule has 1 heterocycles. The molecule has 6 heteroatoms. The first-order valence-electron chi connectivity index (χ1n) is 6.37. The number of carboxylic acids is 1. The molecule has 1 aliphatic rings. The highest BCUT2D eigenvalue weighted by Crippen LogP contribution is 2.34. The molecule has 0 bridgehead atoms. The van der Waals surface area contributed by atoms with Crippen LogP contribution in [-0.4, -0.2) is 48.7 Å². The van der Waals surface area contributed by atoms with E-state index in [-0.39, 0.29) is 12.5 Å². The topological polar surface area (TPSA) is 76.1 Å². The van der Waals surface area contributed by atoms with Gasteiger partial charge in [-0.2, -0.15) is 0 Å². The van der Waals surface area contributed by atoms with Gasteiger partial charge in [0.2, 0.25) is 0 Å². The van der Waals surface area contributed by atoms with Crippen LogP contribution in [-0.2, 0) is 4.79 Å². The zero-order valence-corrected chi connectivity index (χ0v) is 11.5. The second kappa shape index (κ2) is 5.81. The SMILES string of the molecule is C[C@@H](CN(C)C(=O)c1cccc2c1OCCO2)C(=O)O. The lowest BCUT2D eigenvalue weighted by Gasteiger charge is -2.24. The maximum Gasteiger partial charge on any atom is 0.308 e. The Kier molecular flexibility index (Phi) is 4.12. The van der Waals surface area contributed by atoms with Crippen molar-refractivity contribution in [2.24, 2.45) is 5.92 Å². The number of benzene rings is 1. The Morgan fingerprint density at radius 1 is 1.35 bits per heavy atom. The summed E-state index contributed by atoms with van der Waals surface area (Å²) in [5, 5.41) is 8.89. The summed E-state index contributed by atoms with van der Waals surface area (Å²) in [7, 11) is 1.57. The summed E-state index contributed by atoms with van der Waals surface area (Å²) in [6.07, 6.45) is 0. The summed E-state index contributed by atoms with van der Waals surface area (Å²) in [6, 6.07) is 5.11. The highest BCUT2D eigenvalue weighted by atomic mass is 16.6. The Morgan fingerprint density at radius 2 is 2.05 bits per heavy atom. The van der Waals surface area contributed by atoms with E-state index >= 15 is 0 Å². The second-order valence-electron chi connectivity index (χ2n) is 4.75. The molecule has 0 fully saturated rings. The van der Waals surface area contributed by atoms with Gasteiger partial charge in [-0.25, -0.2) is 0 Å². The maximum absolute atomic E-state index is 12.4. The molecule has 1 amide bonds. The van der Waals surface area contributed by atoms with Crippen molar-refractivity contribution in [3.63, 3.8) is 0 Å². The van der Waals surface area contributed by atoms with Crippen LogP contribution < -0.4 is 9.47 Å². The van der Waals surface area contributed by atoms with Crippen LogP contribution >= 0.6 is 0 Å². The first kappa shape index (κ1) is 14.2. The smallest absolute Gasteiger partial charge is 0.308 e. The molecule has 0 spiro atoms. The van der Waals surface area contributed by atoms with Crippen LogP contribution in [0.5, 0.6) is 11.5 Å². The number of carbonyl (C=O) groups excluding carboxylic acids is 1. The van der Waals surface area contributed by atoms with Gasteiger partial charge in [-0.05, 0) is 12.1 Å². The molecule has 0 aromatic heterocycles. The Bertz CT molecular complexity index is 528. The Labute approximate surface area is 116 Å². The highest BCUT2D eigenvalue weighted by Gasteiger charge is 2.24. The fourth-order valence-electron chi connectivity index (χ4n) is 2.02. The fourth-order valence-corrected chi connectivity index (χ4v) is 2.02. The van der Waals surface area contributed by atoms with Crippen molar-refractivity contribution in [1.82, 2.24) is 4.90 Å². The number of amides is 1. The number of rotatable bonds is 4. The van der Waals surface area contributed by atoms with Crippen LogP contribution in [0.2, 0.25) is 0 Å². The Balaban J connectivity index is 2.19. The van der Waals surface area contributed by atoms with Crippen molar-refractivity contribution in [3.8, 4) is 11.5 Å². The Morgan fingerprint density at radius 3 is 2.75 bits per heavy atom. The number of hydrogen-bond donors (Lipinski definition) is 1. The predicted octanol–water partition coefficient (Wildman–Crippen LogP) is 1.25. The monoisotopic (exact) mass is 279 g/mol. The predicted molar refractivity (Wildman–Crippen MR) is 71.2 cm³/mol. The first-order chi connectivity index (χ1) is 9.50. The van der Waals surface area contributed by atoms with Gasteiger partial charge in [0.1, 0.15) is 13.2 Å². The molecule has 1 atom stereocenters. The second-order valence-corrected chi connectivity index (χ2v) is 4.75. The molecule has 1 aliphatic heterocycles. The molecule has 2 rings (SSSR count). The lowest BCUT2D eigenvalue weighted by molar-refractivity contribution is -0.141. The summed E-state index contributed by atoms with van der Waals surface area (Å²) >= 11 is 0. The molecule has 0 aliphatic carbocycles. The number of aliphatic carboxylic acids is 1. The Hall–Kier alpha value is -2.24. The van der Waals surface area contributed by atoms with Crippen LogP contribution in [0.1, 0.15) is 17.3 Å². The van der Waals surface area contributed by atoms with Gasteiger partial charge >= 0.3 is 5.97 Å². The van der Waals surface area contributed by atoms with E-state index in [0.29, 0.717) is 30.3 Å². The summed E-state index contributed by atoms with van der Waals surface area (Å²) < 4.78 is 10.9. The molecule has 0 saturated carbocycles. The van der Waals surface area contributed by atoms with Gasteiger partial charge in [-0.3, -0.25) is 9.59 Å². The van der Waals surface area contributed by atoms with Crippen molar-refractivity contribution < 1.29 is 24.2 Å². The third kappa shape index (κ3) is 2.84. The van der Waals surface area contributed by atoms with E-state index in [0.717, 1.165) is 0 Å². The van der Waals surface area contributed by atoms with Crippen molar-refractivity contribution in [2.75, 3.05) is 26.8 Å². The van der Waals surface area contributed by atoms with Crippen LogP contribution in [0.25, 0.3) is 0 Å². The normalized spacial score (nSPS) is 14.5. The third-order valence-electron chi connectivity index (χ3n) is 3.11. The quantitative estimate of drug-likeness (QED) is 0.897. The zero-order chi connectivity index (χ0) is 14.7. The molecule has 108 valence electrons. The molecular weight excluding hydrogens is 262 g/mol. The van der Waals surface area contributed by atoms with Crippen LogP contribution in [0, 0.1) is 5.92 Å². The summed E-state index contributed by atoms with van der Waals surface area (Å²) in [6.45, 7) is 2.55. The average molecular weight is 279 g/mol. The fraction of sp³-hybridized carbons (Fsp3) is 0.429. The lowest BCUT2D eigenvalue weighted by atomic mass is 10.1. The van der Waals surface area contributed by atoms with Crippen molar-refractivity contribution in [2.45, 2.75) is 6.92 Å². The summed E-state index contributed by atoms with van der Waals surface area (Å²) in [4.78, 5) is 24.6. The van der Waals surface area contributed by atoms with E-state index in [1.165, 1.54) is 4.90 Å². The molecule has 20 heavy (non-hydrogen) atoms. The first-order valence-corrected chi connectivity index (χ1v) is 6.37. The largest absolute Gasteiger partial charge is 0.486 e. The minimum Gasteiger partial charge on any atom is -0.486 e. The van der Waals surface area contributed by atoms with Crippen molar-refractivity contribution in [1.29, 1.82) is 0 Å². The van der Waals surface area contributed by atoms with Crippen LogP contribution in [0.3, 0.4) is 0 Å². The van der Waals surface area contributed by atoms with Gasteiger partial charge in [0.15, 0.2) is 11.5 Å². The number of carbonyl (C=O) groups is 2. The molecular formula is C14H17NO5. The van der Waals surface area contributed by atoms with E-state index < -0.39 is 11.9 Å². The van der Waals surface area contributed by atoms with Gasteiger partial charge in [-0.1, -0.05) is 13.0 Å². The highest BCUT2D eigenvalue weighted by molar-refractivity contribution is 5.97. The standard InChI is InChI=1S/C14H17NO5/c1-9(14(17)18)8-15(2)13(16)10-4-3-5-11-12(10)20-7-6-19-11/h3-5,9H,6-8H2,1-2H3,(H,17,18)/t9-/m0/s1. The van der Waals surface area contributed by atoms with E-state index in [9.17, 15) is 9.59 Å². The number of ether oxygens (including phenoxy) is 2. The van der Waals surface area contributed by atoms with E-state index in [4.69, 9.17) is 14.6 Å². The molecule has 0 unspecified atom stereocenters. The van der Waals surface area contributed by atoms with Crippen LogP contribution in [0.4, 0.5) is 0 Å². The number of para-hydroxylation sites is 1. The zero-order valence-electron chi connectivity index (χ0n) is 11.5. The summed E-state index contributed by atoms with van der Waals surface area (Å²) in [5.74, 6) is -0.860. The number of hydrogen-bond acceptors (Lipinski definition) is 4. The number of nitrogens with zero attached hydrogens (tertiary/aromatic N) is 1. The molecule has 1 aromatic rings. The van der Waals surface area contributed by atoms with Gasteiger partial charge < -0.3 is 19.5 Å².